The summed E-state index contributed by atoms with van der Waals surface area (Å²) in [5.74, 6) is -0.644. The van der Waals surface area contributed by atoms with E-state index in [1.54, 1.807) is 6.07 Å². The van der Waals surface area contributed by atoms with E-state index in [0.29, 0.717) is 5.02 Å². The van der Waals surface area contributed by atoms with Crippen LogP contribution in [0.25, 0.3) is 0 Å². The number of aryl methyl sites for hydroxylation is 1. The molecule has 1 unspecified atom stereocenters. The molecule has 1 aliphatic heterocycles. The van der Waals surface area contributed by atoms with Gasteiger partial charge in [-0.3, -0.25) is 0 Å². The first-order chi connectivity index (χ1) is 13.2. The van der Waals surface area contributed by atoms with Gasteiger partial charge < -0.3 is 15.6 Å². The number of nitrogens with two attached hydrogens (primary N) is 1. The van der Waals surface area contributed by atoms with E-state index < -0.39 is 23.9 Å². The van der Waals surface area contributed by atoms with Crippen LogP contribution in [-0.4, -0.2) is 36.3 Å². The Morgan fingerprint density at radius 1 is 1.43 bits per heavy atom. The SMILES string of the molecule is CC.Cc1ccc(Cl)cc1C1(/C(N)=N/OC(=O)C2C=C(C(F)F)N(C)N2)CC1. The van der Waals surface area contributed by atoms with Gasteiger partial charge in [0.1, 0.15) is 6.04 Å². The molecule has 1 fully saturated rings. The molecule has 0 radical (unpaired) electrons. The maximum Gasteiger partial charge on any atom is 0.357 e. The number of hydrogen-bond donors (Lipinski definition) is 2. The van der Waals surface area contributed by atoms with Gasteiger partial charge in [0, 0.05) is 12.1 Å². The van der Waals surface area contributed by atoms with E-state index in [-0.39, 0.29) is 11.5 Å². The molecule has 1 atom stereocenters. The second-order valence-electron chi connectivity index (χ2n) is 6.49. The van der Waals surface area contributed by atoms with E-state index in [2.05, 4.69) is 10.6 Å². The van der Waals surface area contributed by atoms with Gasteiger partial charge in [0.05, 0.1) is 11.1 Å². The number of alkyl halides is 2. The number of nitrogens with one attached hydrogen (secondary N) is 1. The lowest BCUT2D eigenvalue weighted by atomic mass is 9.91. The van der Waals surface area contributed by atoms with Gasteiger partial charge >= 0.3 is 5.97 Å². The van der Waals surface area contributed by atoms with Crippen LogP contribution < -0.4 is 11.2 Å². The lowest BCUT2D eigenvalue weighted by molar-refractivity contribution is -0.145. The molecule has 2 aliphatic rings. The number of rotatable bonds is 5. The zero-order valence-corrected chi connectivity index (χ0v) is 17.1. The molecule has 0 saturated heterocycles. The molecule has 154 valence electrons. The fourth-order valence-corrected chi connectivity index (χ4v) is 3.25. The van der Waals surface area contributed by atoms with Crippen molar-refractivity contribution < 1.29 is 18.4 Å². The van der Waals surface area contributed by atoms with Crippen LogP contribution in [0.15, 0.2) is 35.1 Å². The Kier molecular flexibility index (Phi) is 7.01. The number of nitrogens with zero attached hydrogens (tertiary/aromatic N) is 2. The van der Waals surface area contributed by atoms with E-state index in [1.165, 1.54) is 7.05 Å². The minimum atomic E-state index is -2.69. The van der Waals surface area contributed by atoms with Crippen LogP contribution in [-0.2, 0) is 15.0 Å². The summed E-state index contributed by atoms with van der Waals surface area (Å²) in [6, 6.07) is 4.48. The third-order valence-corrected chi connectivity index (χ3v) is 4.96. The molecule has 1 saturated carbocycles. The topological polar surface area (TPSA) is 80.0 Å². The number of halogens is 3. The normalized spacial score (nSPS) is 20.4. The molecule has 9 heteroatoms. The summed E-state index contributed by atoms with van der Waals surface area (Å²) in [5, 5.41) is 5.44. The summed E-state index contributed by atoms with van der Waals surface area (Å²) in [7, 11) is 1.39. The maximum atomic E-state index is 12.8. The number of carbonyl (C=O) groups is 1. The quantitative estimate of drug-likeness (QED) is 0.333. The summed E-state index contributed by atoms with van der Waals surface area (Å²) in [6.45, 7) is 5.94. The Balaban J connectivity index is 0.00000136. The molecule has 0 aromatic heterocycles. The fraction of sp³-hybridized carbons (Fsp3) is 0.474. The van der Waals surface area contributed by atoms with Gasteiger partial charge in [-0.15, -0.1) is 0 Å². The Labute approximate surface area is 168 Å². The number of hydrogen-bond acceptors (Lipinski definition) is 5. The molecule has 28 heavy (non-hydrogen) atoms. The van der Waals surface area contributed by atoms with Gasteiger partial charge in [0.25, 0.3) is 6.43 Å². The number of oxime groups is 1. The van der Waals surface area contributed by atoms with Gasteiger partial charge in [-0.1, -0.05) is 36.7 Å². The predicted molar refractivity (Wildman–Crippen MR) is 105 cm³/mol. The Hall–Kier alpha value is -2.19. The predicted octanol–water partition coefficient (Wildman–Crippen LogP) is 3.49. The van der Waals surface area contributed by atoms with Crippen LogP contribution in [0, 0.1) is 6.92 Å². The van der Waals surface area contributed by atoms with E-state index >= 15 is 0 Å². The maximum absolute atomic E-state index is 12.8. The van der Waals surface area contributed by atoms with Crippen LogP contribution in [0.2, 0.25) is 5.02 Å². The van der Waals surface area contributed by atoms with Crippen LogP contribution in [0.4, 0.5) is 8.78 Å². The summed E-state index contributed by atoms with van der Waals surface area (Å²) in [5.41, 5.74) is 9.81. The largest absolute Gasteiger partial charge is 0.384 e. The first kappa shape index (κ1) is 22.1. The third-order valence-electron chi connectivity index (χ3n) is 4.72. The molecule has 3 rings (SSSR count). The first-order valence-electron chi connectivity index (χ1n) is 9.06. The van der Waals surface area contributed by atoms with Crippen LogP contribution in [0.5, 0.6) is 0 Å². The fourth-order valence-electron chi connectivity index (χ4n) is 3.08. The molecule has 0 spiro atoms. The van der Waals surface area contributed by atoms with Crippen LogP contribution in [0.1, 0.15) is 37.8 Å². The minimum Gasteiger partial charge on any atom is -0.384 e. The monoisotopic (exact) mass is 414 g/mol. The summed E-state index contributed by atoms with van der Waals surface area (Å²) >= 11 is 6.08. The zero-order valence-electron chi connectivity index (χ0n) is 16.3. The van der Waals surface area contributed by atoms with Crippen molar-refractivity contribution in [3.05, 3.63) is 46.1 Å². The molecule has 3 N–H and O–H groups in total. The van der Waals surface area contributed by atoms with Crippen molar-refractivity contribution in [2.45, 2.75) is 51.5 Å². The highest BCUT2D eigenvalue weighted by molar-refractivity contribution is 6.30. The van der Waals surface area contributed by atoms with E-state index in [9.17, 15) is 13.6 Å². The second-order valence-corrected chi connectivity index (χ2v) is 6.92. The van der Waals surface area contributed by atoms with Gasteiger partial charge in [0.2, 0.25) is 0 Å². The number of hydrazine groups is 1. The molecular formula is C19H25ClF2N4O2. The minimum absolute atomic E-state index is 0.167. The van der Waals surface area contributed by atoms with Gasteiger partial charge in [-0.05, 0) is 49.1 Å². The third kappa shape index (κ3) is 4.44. The number of benzene rings is 1. The average Bonchev–Trinajstić information content (AvgIpc) is 3.38. The molecule has 1 heterocycles. The number of allylic oxidation sites excluding steroid dienone is 1. The standard InChI is InChI=1S/C17H19ClF2N4O2.C2H6/c1-9-3-4-10(18)7-11(9)17(5-6-17)16(21)23-26-15(25)12-8-13(14(19)20)24(2)22-12;1-2/h3-4,7-8,12,14,22H,5-6H2,1-2H3,(H2,21,23);1-2H3. The first-order valence-corrected chi connectivity index (χ1v) is 9.43. The number of amidine groups is 1. The molecule has 1 aliphatic carbocycles. The highest BCUT2D eigenvalue weighted by Crippen LogP contribution is 2.50. The Morgan fingerprint density at radius 3 is 2.61 bits per heavy atom. The Bertz CT molecular complexity index is 794. The highest BCUT2D eigenvalue weighted by Gasteiger charge is 2.50. The smallest absolute Gasteiger partial charge is 0.357 e. The second kappa shape index (κ2) is 8.87. The van der Waals surface area contributed by atoms with Gasteiger partial charge in [-0.2, -0.15) is 0 Å². The summed E-state index contributed by atoms with van der Waals surface area (Å²) in [6.07, 6.45) is -0.0615. The van der Waals surface area contributed by atoms with E-state index in [1.807, 2.05) is 32.9 Å². The van der Waals surface area contributed by atoms with E-state index in [0.717, 1.165) is 35.1 Å². The van der Waals surface area contributed by atoms with Crippen molar-refractivity contribution in [1.82, 2.24) is 10.4 Å². The van der Waals surface area contributed by atoms with Crippen LogP contribution >= 0.6 is 11.6 Å². The van der Waals surface area contributed by atoms with Crippen molar-refractivity contribution in [3.63, 3.8) is 0 Å². The molecule has 1 aromatic rings. The average molecular weight is 415 g/mol. The van der Waals surface area contributed by atoms with Gasteiger partial charge in [-0.25, -0.2) is 19.0 Å². The molecule has 0 bridgehead atoms. The highest BCUT2D eigenvalue weighted by atomic mass is 35.5. The lowest BCUT2D eigenvalue weighted by Gasteiger charge is -2.18. The van der Waals surface area contributed by atoms with Crippen LogP contribution in [0.3, 0.4) is 0 Å². The van der Waals surface area contributed by atoms with E-state index in [4.69, 9.17) is 22.2 Å². The van der Waals surface area contributed by atoms with Gasteiger partial charge in [0.15, 0.2) is 5.84 Å². The molecule has 6 nitrogen and oxygen atoms in total. The zero-order chi connectivity index (χ0) is 21.1. The van der Waals surface area contributed by atoms with Crippen molar-refractivity contribution in [1.29, 1.82) is 0 Å². The van der Waals surface area contributed by atoms with Crippen molar-refractivity contribution in [2.75, 3.05) is 7.05 Å². The summed E-state index contributed by atoms with van der Waals surface area (Å²) in [4.78, 5) is 17.0. The lowest BCUT2D eigenvalue weighted by Crippen LogP contribution is -2.40. The van der Waals surface area contributed by atoms with Crippen molar-refractivity contribution >= 4 is 23.4 Å². The Morgan fingerprint density at radius 2 is 2.07 bits per heavy atom. The summed E-state index contributed by atoms with van der Waals surface area (Å²) < 4.78 is 25.6. The molecular weight excluding hydrogens is 390 g/mol. The molecule has 1 aromatic carbocycles. The van der Waals surface area contributed by atoms with Crippen molar-refractivity contribution in [3.8, 4) is 0 Å². The van der Waals surface area contributed by atoms with Crippen molar-refractivity contribution in [2.24, 2.45) is 10.9 Å². The molecule has 0 amide bonds. The number of carbonyl (C=O) groups excluding carboxylic acids is 1.